The number of amides is 1. The second kappa shape index (κ2) is 6.84. The highest BCUT2D eigenvalue weighted by Gasteiger charge is 2.46. The molecule has 1 N–H and O–H groups in total. The molecule has 0 spiro atoms. The van der Waals surface area contributed by atoms with Gasteiger partial charge in [0.15, 0.2) is 11.5 Å². The molecule has 1 fully saturated rings. The van der Waals surface area contributed by atoms with E-state index in [0.29, 0.717) is 5.02 Å². The molecule has 0 radical (unpaired) electrons. The van der Waals surface area contributed by atoms with Gasteiger partial charge in [-0.15, -0.1) is 0 Å². The third-order valence-electron chi connectivity index (χ3n) is 5.11. The molecule has 26 heavy (non-hydrogen) atoms. The van der Waals surface area contributed by atoms with Crippen LogP contribution in [0.25, 0.3) is 0 Å². The quantitative estimate of drug-likeness (QED) is 0.763. The van der Waals surface area contributed by atoms with Gasteiger partial charge in [0.05, 0.1) is 0 Å². The van der Waals surface area contributed by atoms with E-state index in [2.05, 4.69) is 5.32 Å². The zero-order chi connectivity index (χ0) is 19.1. The number of nitrogens with one attached hydrogen (secondary N) is 1. The Morgan fingerprint density at radius 2 is 1.88 bits per heavy atom. The number of carbonyl (C=O) groups excluding carboxylic acids is 1. The third kappa shape index (κ3) is 4.03. The Labute approximate surface area is 160 Å². The molecule has 0 bridgehead atoms. The summed E-state index contributed by atoms with van der Waals surface area (Å²) >= 11 is 6.20. The van der Waals surface area contributed by atoms with E-state index >= 15 is 0 Å². The summed E-state index contributed by atoms with van der Waals surface area (Å²) < 4.78 is 17.7. The molecule has 0 saturated heterocycles. The smallest absolute Gasteiger partial charge is 0.407 e. The first-order valence-corrected chi connectivity index (χ1v) is 9.62. The lowest BCUT2D eigenvalue weighted by Gasteiger charge is -2.37. The van der Waals surface area contributed by atoms with E-state index in [1.807, 2.05) is 46.8 Å². The fraction of sp³-hybridized carbons (Fsp3) is 0.650. The van der Waals surface area contributed by atoms with Crippen LogP contribution in [0.1, 0.15) is 58.9 Å². The van der Waals surface area contributed by atoms with Crippen LogP contribution in [0.15, 0.2) is 12.1 Å². The normalized spacial score (nSPS) is 27.9. The number of hydrogen-bond donors (Lipinski definition) is 1. The van der Waals surface area contributed by atoms with E-state index in [4.69, 9.17) is 25.8 Å². The predicted octanol–water partition coefficient (Wildman–Crippen LogP) is 5.22. The fourth-order valence-corrected chi connectivity index (χ4v) is 3.84. The van der Waals surface area contributed by atoms with Crippen LogP contribution in [0.4, 0.5) is 4.79 Å². The minimum Gasteiger partial charge on any atom is -0.448 e. The summed E-state index contributed by atoms with van der Waals surface area (Å²) in [6.07, 6.45) is 3.23. The maximum atomic E-state index is 12.0. The van der Waals surface area contributed by atoms with Gasteiger partial charge in [-0.05, 0) is 65.5 Å². The second-order valence-corrected chi connectivity index (χ2v) is 8.82. The third-order valence-corrected chi connectivity index (χ3v) is 5.52. The Morgan fingerprint density at radius 1 is 1.23 bits per heavy atom. The number of carbonyl (C=O) groups is 1. The molecule has 3 rings (SSSR count). The van der Waals surface area contributed by atoms with Gasteiger partial charge in [-0.25, -0.2) is 4.79 Å². The highest BCUT2D eigenvalue weighted by Crippen LogP contribution is 2.48. The maximum Gasteiger partial charge on any atom is 0.407 e. The molecular formula is C20H28ClNO4. The Morgan fingerprint density at radius 3 is 2.50 bits per heavy atom. The second-order valence-electron chi connectivity index (χ2n) is 8.41. The topological polar surface area (TPSA) is 56.8 Å². The SMILES string of the molecule is Cc1c(Cl)ccc2c1OC(C)(C1CCC(NC(=O)OC(C)(C)C)CC1)O2. The number of fused-ring (bicyclic) bond motifs is 1. The van der Waals surface area contributed by atoms with Crippen molar-refractivity contribution >= 4 is 17.7 Å². The van der Waals surface area contributed by atoms with E-state index in [-0.39, 0.29) is 18.1 Å². The molecule has 6 heteroatoms. The minimum absolute atomic E-state index is 0.129. The molecule has 1 heterocycles. The van der Waals surface area contributed by atoms with Gasteiger partial charge in [-0.1, -0.05) is 11.6 Å². The molecule has 1 aliphatic heterocycles. The van der Waals surface area contributed by atoms with Crippen molar-refractivity contribution in [3.63, 3.8) is 0 Å². The van der Waals surface area contributed by atoms with Crippen molar-refractivity contribution in [2.24, 2.45) is 5.92 Å². The van der Waals surface area contributed by atoms with Gasteiger partial charge in [0.1, 0.15) is 5.60 Å². The predicted molar refractivity (Wildman–Crippen MR) is 101 cm³/mol. The number of halogens is 1. The number of alkyl carbamates (subject to hydrolysis) is 1. The van der Waals surface area contributed by atoms with Crippen LogP contribution in [0.5, 0.6) is 11.5 Å². The van der Waals surface area contributed by atoms with Crippen LogP contribution < -0.4 is 14.8 Å². The molecule has 0 aromatic heterocycles. The first-order chi connectivity index (χ1) is 12.1. The zero-order valence-electron chi connectivity index (χ0n) is 16.1. The van der Waals surface area contributed by atoms with Gasteiger partial charge in [0, 0.05) is 29.5 Å². The fourth-order valence-electron chi connectivity index (χ4n) is 3.69. The van der Waals surface area contributed by atoms with E-state index in [9.17, 15) is 4.79 Å². The molecule has 144 valence electrons. The molecule has 1 amide bonds. The molecular weight excluding hydrogens is 354 g/mol. The Bertz CT molecular complexity index is 692. The summed E-state index contributed by atoms with van der Waals surface area (Å²) in [7, 11) is 0. The molecule has 1 aliphatic carbocycles. The van der Waals surface area contributed by atoms with Gasteiger partial charge in [0.2, 0.25) is 0 Å². The van der Waals surface area contributed by atoms with Gasteiger partial charge < -0.3 is 19.5 Å². The van der Waals surface area contributed by atoms with E-state index < -0.39 is 11.4 Å². The van der Waals surface area contributed by atoms with Crippen molar-refractivity contribution in [1.29, 1.82) is 0 Å². The van der Waals surface area contributed by atoms with Gasteiger partial charge in [-0.3, -0.25) is 0 Å². The molecule has 1 saturated carbocycles. The molecule has 1 aromatic carbocycles. The number of benzene rings is 1. The van der Waals surface area contributed by atoms with E-state index in [0.717, 1.165) is 42.7 Å². The first-order valence-electron chi connectivity index (χ1n) is 9.24. The van der Waals surface area contributed by atoms with Crippen LogP contribution in [0, 0.1) is 12.8 Å². The summed E-state index contributed by atoms with van der Waals surface area (Å²) in [6.45, 7) is 9.53. The van der Waals surface area contributed by atoms with Crippen LogP contribution in [-0.4, -0.2) is 23.5 Å². The Balaban J connectivity index is 1.57. The van der Waals surface area contributed by atoms with E-state index in [1.165, 1.54) is 0 Å². The summed E-state index contributed by atoms with van der Waals surface area (Å²) in [5, 5.41) is 3.65. The molecule has 2 aliphatic rings. The lowest BCUT2D eigenvalue weighted by Crippen LogP contribution is -2.48. The van der Waals surface area contributed by atoms with Crippen molar-refractivity contribution < 1.29 is 19.0 Å². The largest absolute Gasteiger partial charge is 0.448 e. The Kier molecular flexibility index (Phi) is 5.04. The monoisotopic (exact) mass is 381 g/mol. The van der Waals surface area contributed by atoms with Crippen LogP contribution in [-0.2, 0) is 4.74 Å². The van der Waals surface area contributed by atoms with Crippen LogP contribution in [0.3, 0.4) is 0 Å². The zero-order valence-corrected chi connectivity index (χ0v) is 16.9. The number of rotatable bonds is 2. The number of hydrogen-bond acceptors (Lipinski definition) is 4. The highest BCUT2D eigenvalue weighted by molar-refractivity contribution is 6.31. The van der Waals surface area contributed by atoms with E-state index in [1.54, 1.807) is 0 Å². The van der Waals surface area contributed by atoms with Crippen LogP contribution in [0.2, 0.25) is 5.02 Å². The average Bonchev–Trinajstić information content (AvgIpc) is 2.88. The van der Waals surface area contributed by atoms with Gasteiger partial charge >= 0.3 is 6.09 Å². The first kappa shape index (κ1) is 19.2. The molecule has 1 unspecified atom stereocenters. The Hall–Kier alpha value is -1.62. The van der Waals surface area contributed by atoms with Gasteiger partial charge in [-0.2, -0.15) is 0 Å². The summed E-state index contributed by atoms with van der Waals surface area (Å²) in [5.74, 6) is 1.07. The molecule has 1 atom stereocenters. The minimum atomic E-state index is -0.686. The van der Waals surface area contributed by atoms with Crippen molar-refractivity contribution in [1.82, 2.24) is 5.32 Å². The summed E-state index contributed by atoms with van der Waals surface area (Å²) in [6, 6.07) is 3.84. The van der Waals surface area contributed by atoms with Crippen LogP contribution >= 0.6 is 11.6 Å². The highest BCUT2D eigenvalue weighted by atomic mass is 35.5. The number of ether oxygens (including phenoxy) is 3. The molecule has 5 nitrogen and oxygen atoms in total. The van der Waals surface area contributed by atoms with Crippen molar-refractivity contribution in [3.8, 4) is 11.5 Å². The maximum absolute atomic E-state index is 12.0. The summed E-state index contributed by atoms with van der Waals surface area (Å²) in [5.41, 5.74) is 0.429. The van der Waals surface area contributed by atoms with Crippen molar-refractivity contribution in [2.45, 2.75) is 77.7 Å². The standard InChI is InChI=1S/C20H28ClNO4/c1-12-15(21)10-11-16-17(12)25-20(5,24-16)13-6-8-14(9-7-13)22-18(23)26-19(2,3)4/h10-11,13-14H,6-9H2,1-5H3,(H,22,23). The van der Waals surface area contributed by atoms with Crippen molar-refractivity contribution in [2.75, 3.05) is 0 Å². The average molecular weight is 382 g/mol. The lowest BCUT2D eigenvalue weighted by atomic mass is 9.81. The summed E-state index contributed by atoms with van der Waals surface area (Å²) in [4.78, 5) is 12.0. The van der Waals surface area contributed by atoms with Gasteiger partial charge in [0.25, 0.3) is 5.79 Å². The lowest BCUT2D eigenvalue weighted by molar-refractivity contribution is -0.121. The van der Waals surface area contributed by atoms with Crippen molar-refractivity contribution in [3.05, 3.63) is 22.7 Å². The molecule has 1 aromatic rings.